The number of carbonyl (C=O) groups is 1. The lowest BCUT2D eigenvalue weighted by Gasteiger charge is -2.09. The first-order valence-corrected chi connectivity index (χ1v) is 13.3. The number of aromatic nitrogens is 3. The average molecular weight is 495 g/mol. The summed E-state index contributed by atoms with van der Waals surface area (Å²) in [6.45, 7) is 3.05. The van der Waals surface area contributed by atoms with Crippen LogP contribution in [-0.4, -0.2) is 26.2 Å². The molecule has 5 nitrogen and oxygen atoms in total. The zero-order valence-electron chi connectivity index (χ0n) is 19.1. The van der Waals surface area contributed by atoms with Crippen molar-refractivity contribution in [3.8, 4) is 10.7 Å². The molecule has 172 valence electrons. The van der Waals surface area contributed by atoms with Crippen molar-refractivity contribution in [1.82, 2.24) is 14.5 Å². The van der Waals surface area contributed by atoms with Crippen LogP contribution in [0.2, 0.25) is 0 Å². The van der Waals surface area contributed by atoms with E-state index in [9.17, 15) is 4.79 Å². The quantitative estimate of drug-likeness (QED) is 0.196. The lowest BCUT2D eigenvalue weighted by molar-refractivity contribution is -0.113. The predicted molar refractivity (Wildman–Crippen MR) is 147 cm³/mol. The Labute approximate surface area is 210 Å². The SMILES string of the molecule is CCn1c2ccccc2c2cc(NC(=O)CSc3nc(-c4cccs4)nc4ccccc34)ccc21. The maximum atomic E-state index is 12.9. The van der Waals surface area contributed by atoms with Gasteiger partial charge in [0.25, 0.3) is 0 Å². The third-order valence-electron chi connectivity index (χ3n) is 6.02. The lowest BCUT2D eigenvalue weighted by atomic mass is 10.1. The van der Waals surface area contributed by atoms with Gasteiger partial charge in [0.15, 0.2) is 5.82 Å². The number of aryl methyl sites for hydroxylation is 1. The zero-order valence-corrected chi connectivity index (χ0v) is 20.7. The minimum Gasteiger partial charge on any atom is -0.341 e. The van der Waals surface area contributed by atoms with Gasteiger partial charge in [-0.05, 0) is 48.7 Å². The van der Waals surface area contributed by atoms with Crippen LogP contribution in [0.5, 0.6) is 0 Å². The van der Waals surface area contributed by atoms with Crippen LogP contribution in [0.1, 0.15) is 6.92 Å². The Kier molecular flexibility index (Phi) is 5.72. The van der Waals surface area contributed by atoms with Crippen molar-refractivity contribution < 1.29 is 4.79 Å². The van der Waals surface area contributed by atoms with Crippen LogP contribution in [0.3, 0.4) is 0 Å². The highest BCUT2D eigenvalue weighted by Crippen LogP contribution is 2.32. The molecule has 1 amide bonds. The molecular formula is C28H22N4OS2. The second kappa shape index (κ2) is 9.17. The van der Waals surface area contributed by atoms with Crippen LogP contribution in [-0.2, 0) is 11.3 Å². The van der Waals surface area contributed by atoms with E-state index in [1.807, 2.05) is 47.8 Å². The van der Waals surface area contributed by atoms with Crippen molar-refractivity contribution in [2.24, 2.45) is 0 Å². The number of rotatable bonds is 6. The normalized spacial score (nSPS) is 11.5. The molecule has 0 aliphatic carbocycles. The molecular weight excluding hydrogens is 472 g/mol. The number of thiophene rings is 1. The van der Waals surface area contributed by atoms with Gasteiger partial charge in [-0.25, -0.2) is 9.97 Å². The fraction of sp³-hybridized carbons (Fsp3) is 0.107. The summed E-state index contributed by atoms with van der Waals surface area (Å²) in [6.07, 6.45) is 0. The van der Waals surface area contributed by atoms with Gasteiger partial charge in [0.05, 0.1) is 16.1 Å². The van der Waals surface area contributed by atoms with Crippen molar-refractivity contribution in [3.63, 3.8) is 0 Å². The Morgan fingerprint density at radius 2 is 1.71 bits per heavy atom. The standard InChI is InChI=1S/C28H22N4OS2/c1-2-32-23-11-6-4-8-19(23)21-16-18(13-14-24(21)32)29-26(33)17-35-28-20-9-3-5-10-22(20)30-27(31-28)25-12-7-15-34-25/h3-16H,2,17H2,1H3,(H,29,33). The fourth-order valence-corrected chi connectivity index (χ4v) is 5.95. The number of hydrogen-bond donors (Lipinski definition) is 1. The van der Waals surface area contributed by atoms with Gasteiger partial charge in [0.1, 0.15) is 5.03 Å². The second-order valence-corrected chi connectivity index (χ2v) is 10.1. The minimum atomic E-state index is -0.0612. The molecule has 3 heterocycles. The number of nitrogens with one attached hydrogen (secondary N) is 1. The van der Waals surface area contributed by atoms with E-state index in [1.54, 1.807) is 11.3 Å². The Morgan fingerprint density at radius 3 is 2.54 bits per heavy atom. The number of para-hydroxylation sites is 2. The summed E-state index contributed by atoms with van der Waals surface area (Å²) in [7, 11) is 0. The van der Waals surface area contributed by atoms with Crippen LogP contribution in [0.15, 0.2) is 89.3 Å². The summed E-state index contributed by atoms with van der Waals surface area (Å²) in [5.41, 5.74) is 4.07. The van der Waals surface area contributed by atoms with Gasteiger partial charge >= 0.3 is 0 Å². The van der Waals surface area contributed by atoms with Gasteiger partial charge in [-0.3, -0.25) is 4.79 Å². The molecule has 0 aliphatic rings. The lowest BCUT2D eigenvalue weighted by Crippen LogP contribution is -2.14. The number of nitrogens with zero attached hydrogens (tertiary/aromatic N) is 3. The molecule has 35 heavy (non-hydrogen) atoms. The number of fused-ring (bicyclic) bond motifs is 4. The van der Waals surface area contributed by atoms with E-state index >= 15 is 0 Å². The van der Waals surface area contributed by atoms with E-state index in [-0.39, 0.29) is 11.7 Å². The first-order chi connectivity index (χ1) is 17.2. The first kappa shape index (κ1) is 21.8. The molecule has 3 aromatic carbocycles. The number of benzene rings is 3. The zero-order chi connectivity index (χ0) is 23.8. The van der Waals surface area contributed by atoms with Crippen LogP contribution in [0.25, 0.3) is 43.4 Å². The Balaban J connectivity index is 1.26. The van der Waals surface area contributed by atoms with Gasteiger partial charge in [-0.2, -0.15) is 0 Å². The highest BCUT2D eigenvalue weighted by atomic mass is 32.2. The molecule has 0 saturated carbocycles. The summed E-state index contributed by atoms with van der Waals surface area (Å²) < 4.78 is 2.30. The number of anilines is 1. The maximum absolute atomic E-state index is 12.9. The highest BCUT2D eigenvalue weighted by molar-refractivity contribution is 8.00. The number of hydrogen-bond acceptors (Lipinski definition) is 5. The van der Waals surface area contributed by atoms with Crippen LogP contribution < -0.4 is 5.32 Å². The molecule has 3 aromatic heterocycles. The van der Waals surface area contributed by atoms with E-state index in [2.05, 4.69) is 53.2 Å². The highest BCUT2D eigenvalue weighted by Gasteiger charge is 2.14. The van der Waals surface area contributed by atoms with Crippen LogP contribution in [0.4, 0.5) is 5.69 Å². The Hall–Kier alpha value is -3.68. The minimum absolute atomic E-state index is 0.0612. The summed E-state index contributed by atoms with van der Waals surface area (Å²) in [6, 6.07) is 26.5. The summed E-state index contributed by atoms with van der Waals surface area (Å²) >= 11 is 3.05. The van der Waals surface area contributed by atoms with E-state index in [4.69, 9.17) is 9.97 Å². The average Bonchev–Trinajstić information content (AvgIpc) is 3.54. The number of thioether (sulfide) groups is 1. The summed E-state index contributed by atoms with van der Waals surface area (Å²) in [4.78, 5) is 23.4. The number of carbonyl (C=O) groups excluding carboxylic acids is 1. The Bertz CT molecular complexity index is 1690. The van der Waals surface area contributed by atoms with Crippen molar-refractivity contribution in [2.45, 2.75) is 18.5 Å². The van der Waals surface area contributed by atoms with Gasteiger partial charge in [0.2, 0.25) is 5.91 Å². The van der Waals surface area contributed by atoms with Crippen molar-refractivity contribution in [3.05, 3.63) is 84.2 Å². The number of amides is 1. The topological polar surface area (TPSA) is 59.8 Å². The first-order valence-electron chi connectivity index (χ1n) is 11.5. The third kappa shape index (κ3) is 4.07. The molecule has 6 aromatic rings. The monoisotopic (exact) mass is 494 g/mol. The van der Waals surface area contributed by atoms with Gasteiger partial charge < -0.3 is 9.88 Å². The predicted octanol–water partition coefficient (Wildman–Crippen LogP) is 7.22. The fourth-order valence-electron chi connectivity index (χ4n) is 4.48. The molecule has 0 radical (unpaired) electrons. The van der Waals surface area contributed by atoms with Gasteiger partial charge in [0, 0.05) is 39.4 Å². The summed E-state index contributed by atoms with van der Waals surface area (Å²) in [5, 5.41) is 9.21. The molecule has 1 N–H and O–H groups in total. The molecule has 0 atom stereocenters. The second-order valence-electron chi connectivity index (χ2n) is 8.18. The molecule has 0 aliphatic heterocycles. The van der Waals surface area contributed by atoms with Gasteiger partial charge in [-0.15, -0.1) is 11.3 Å². The third-order valence-corrected chi connectivity index (χ3v) is 7.88. The van der Waals surface area contributed by atoms with Gasteiger partial charge in [-0.1, -0.05) is 54.2 Å². The smallest absolute Gasteiger partial charge is 0.234 e. The molecule has 7 heteroatoms. The molecule has 0 saturated heterocycles. The van der Waals surface area contributed by atoms with Crippen LogP contribution >= 0.6 is 23.1 Å². The van der Waals surface area contributed by atoms with Crippen molar-refractivity contribution in [2.75, 3.05) is 11.1 Å². The molecule has 0 unspecified atom stereocenters. The maximum Gasteiger partial charge on any atom is 0.234 e. The van der Waals surface area contributed by atoms with E-state index in [1.165, 1.54) is 28.2 Å². The molecule has 6 rings (SSSR count). The Morgan fingerprint density at radius 1 is 0.914 bits per heavy atom. The largest absolute Gasteiger partial charge is 0.341 e. The van der Waals surface area contributed by atoms with Crippen molar-refractivity contribution in [1.29, 1.82) is 0 Å². The van der Waals surface area contributed by atoms with Crippen molar-refractivity contribution >= 4 is 67.4 Å². The van der Waals surface area contributed by atoms with E-state index in [0.29, 0.717) is 5.82 Å². The van der Waals surface area contributed by atoms with E-state index < -0.39 is 0 Å². The summed E-state index contributed by atoms with van der Waals surface area (Å²) in [5.74, 6) is 0.896. The molecule has 0 spiro atoms. The molecule has 0 bridgehead atoms. The van der Waals surface area contributed by atoms with E-state index in [0.717, 1.165) is 38.4 Å². The molecule has 0 fully saturated rings. The van der Waals surface area contributed by atoms with Crippen LogP contribution in [0, 0.1) is 0 Å².